The molecule has 2 aromatic rings. The smallest absolute Gasteiger partial charge is 0.344 e. The van der Waals surface area contributed by atoms with Crippen LogP contribution >= 0.6 is 0 Å². The minimum atomic E-state index is -0.439. The topological polar surface area (TPSA) is 74.4 Å². The van der Waals surface area contributed by atoms with Crippen molar-refractivity contribution in [3.8, 4) is 5.75 Å². The van der Waals surface area contributed by atoms with Gasteiger partial charge in [-0.3, -0.25) is 4.98 Å². The van der Waals surface area contributed by atoms with Crippen LogP contribution in [0.5, 0.6) is 5.75 Å². The van der Waals surface area contributed by atoms with Crippen LogP contribution < -0.4 is 10.5 Å². The van der Waals surface area contributed by atoms with E-state index in [-0.39, 0.29) is 13.2 Å². The van der Waals surface area contributed by atoms with E-state index in [2.05, 4.69) is 4.98 Å². The minimum absolute atomic E-state index is 0.149. The van der Waals surface area contributed by atoms with Crippen LogP contribution in [-0.2, 0) is 16.1 Å². The van der Waals surface area contributed by atoms with Gasteiger partial charge in [0.15, 0.2) is 6.61 Å². The first-order valence-corrected chi connectivity index (χ1v) is 5.77. The molecule has 2 N–H and O–H groups in total. The molecule has 0 unspecified atom stereocenters. The van der Waals surface area contributed by atoms with E-state index in [1.807, 2.05) is 6.07 Å². The average molecular weight is 258 g/mol. The van der Waals surface area contributed by atoms with E-state index in [0.29, 0.717) is 11.4 Å². The predicted molar refractivity (Wildman–Crippen MR) is 70.4 cm³/mol. The lowest BCUT2D eigenvalue weighted by Crippen LogP contribution is -2.14. The maximum absolute atomic E-state index is 11.5. The van der Waals surface area contributed by atoms with Crippen molar-refractivity contribution in [3.63, 3.8) is 0 Å². The molecule has 5 nitrogen and oxygen atoms in total. The quantitative estimate of drug-likeness (QED) is 0.653. The highest BCUT2D eigenvalue weighted by Crippen LogP contribution is 2.14. The number of esters is 1. The molecular weight excluding hydrogens is 244 g/mol. The van der Waals surface area contributed by atoms with Crippen LogP contribution in [0.3, 0.4) is 0 Å². The predicted octanol–water partition coefficient (Wildman–Crippen LogP) is 1.79. The fourth-order valence-corrected chi connectivity index (χ4v) is 1.44. The van der Waals surface area contributed by atoms with Gasteiger partial charge in [-0.05, 0) is 18.2 Å². The van der Waals surface area contributed by atoms with Crippen molar-refractivity contribution in [2.45, 2.75) is 6.61 Å². The van der Waals surface area contributed by atoms with E-state index in [1.165, 1.54) is 0 Å². The van der Waals surface area contributed by atoms with Gasteiger partial charge in [0.1, 0.15) is 12.4 Å². The maximum atomic E-state index is 11.5. The molecule has 2 rings (SSSR count). The monoisotopic (exact) mass is 258 g/mol. The van der Waals surface area contributed by atoms with Crippen molar-refractivity contribution < 1.29 is 14.3 Å². The number of carbonyl (C=O) groups is 1. The zero-order valence-corrected chi connectivity index (χ0v) is 10.3. The van der Waals surface area contributed by atoms with Gasteiger partial charge < -0.3 is 15.2 Å². The van der Waals surface area contributed by atoms with Gasteiger partial charge in [-0.1, -0.05) is 12.1 Å². The van der Waals surface area contributed by atoms with Gasteiger partial charge in [0.2, 0.25) is 0 Å². The molecule has 0 bridgehead atoms. The molecule has 5 heteroatoms. The molecule has 0 fully saturated rings. The highest BCUT2D eigenvalue weighted by atomic mass is 16.6. The number of hydrogen-bond donors (Lipinski definition) is 1. The summed E-state index contributed by atoms with van der Waals surface area (Å²) in [7, 11) is 0. The number of carbonyl (C=O) groups excluding carboxylic acids is 1. The first kappa shape index (κ1) is 12.9. The van der Waals surface area contributed by atoms with Crippen molar-refractivity contribution in [2.24, 2.45) is 0 Å². The van der Waals surface area contributed by atoms with E-state index >= 15 is 0 Å². The number of aromatic nitrogens is 1. The van der Waals surface area contributed by atoms with Crippen LogP contribution in [-0.4, -0.2) is 17.6 Å². The maximum Gasteiger partial charge on any atom is 0.344 e. The molecule has 0 aliphatic carbocycles. The Kier molecular flexibility index (Phi) is 4.34. The summed E-state index contributed by atoms with van der Waals surface area (Å²) in [5.41, 5.74) is 7.01. The summed E-state index contributed by atoms with van der Waals surface area (Å²) in [5, 5.41) is 0. The molecule has 0 atom stereocenters. The molecule has 0 aliphatic rings. The minimum Gasteiger partial charge on any atom is -0.482 e. The molecule has 0 spiro atoms. The summed E-state index contributed by atoms with van der Waals surface area (Å²) >= 11 is 0. The van der Waals surface area contributed by atoms with Crippen molar-refractivity contribution in [3.05, 3.63) is 54.4 Å². The summed E-state index contributed by atoms with van der Waals surface area (Å²) in [6.07, 6.45) is 3.31. The number of nitrogen functional groups attached to an aromatic ring is 1. The Hall–Kier alpha value is -2.56. The molecule has 1 heterocycles. The molecule has 98 valence electrons. The molecule has 0 aliphatic heterocycles. The molecule has 0 saturated heterocycles. The number of nitrogens with zero attached hydrogens (tertiary/aromatic N) is 1. The Bertz CT molecular complexity index is 543. The van der Waals surface area contributed by atoms with Gasteiger partial charge >= 0.3 is 5.97 Å². The van der Waals surface area contributed by atoms with Gasteiger partial charge in [0, 0.05) is 29.7 Å². The van der Waals surface area contributed by atoms with Crippen molar-refractivity contribution in [2.75, 3.05) is 12.3 Å². The van der Waals surface area contributed by atoms with Gasteiger partial charge in [0.25, 0.3) is 0 Å². The van der Waals surface area contributed by atoms with Crippen LogP contribution in [0.1, 0.15) is 5.56 Å². The van der Waals surface area contributed by atoms with Crippen LogP contribution in [0.15, 0.2) is 48.8 Å². The summed E-state index contributed by atoms with van der Waals surface area (Å²) in [4.78, 5) is 15.4. The first-order valence-electron chi connectivity index (χ1n) is 5.77. The zero-order chi connectivity index (χ0) is 13.5. The molecule has 0 amide bonds. The van der Waals surface area contributed by atoms with Crippen LogP contribution in [0, 0.1) is 0 Å². The van der Waals surface area contributed by atoms with Gasteiger partial charge in [0.05, 0.1) is 0 Å². The lowest BCUT2D eigenvalue weighted by Gasteiger charge is -2.07. The van der Waals surface area contributed by atoms with Crippen molar-refractivity contribution in [1.82, 2.24) is 4.98 Å². The SMILES string of the molecule is Nc1cccc(OCC(=O)OCc2cccnc2)c1. The molecule has 19 heavy (non-hydrogen) atoms. The number of pyridine rings is 1. The molecule has 1 aromatic heterocycles. The zero-order valence-electron chi connectivity index (χ0n) is 10.3. The number of hydrogen-bond acceptors (Lipinski definition) is 5. The average Bonchev–Trinajstić information content (AvgIpc) is 2.44. The van der Waals surface area contributed by atoms with Crippen molar-refractivity contribution >= 4 is 11.7 Å². The van der Waals surface area contributed by atoms with Crippen LogP contribution in [0.4, 0.5) is 5.69 Å². The Morgan fingerprint density at radius 3 is 2.89 bits per heavy atom. The largest absolute Gasteiger partial charge is 0.482 e. The molecule has 0 saturated carbocycles. The lowest BCUT2D eigenvalue weighted by molar-refractivity contribution is -0.147. The Morgan fingerprint density at radius 2 is 2.16 bits per heavy atom. The second-order valence-corrected chi connectivity index (χ2v) is 3.88. The molecule has 1 aromatic carbocycles. The summed E-state index contributed by atoms with van der Waals surface area (Å²) in [6.45, 7) is 0.0384. The van der Waals surface area contributed by atoms with Crippen LogP contribution in [0.2, 0.25) is 0 Å². The second-order valence-electron chi connectivity index (χ2n) is 3.88. The number of nitrogens with two attached hydrogens (primary N) is 1. The fraction of sp³-hybridized carbons (Fsp3) is 0.143. The normalized spacial score (nSPS) is 9.89. The third-order valence-corrected chi connectivity index (χ3v) is 2.34. The standard InChI is InChI=1S/C14H14N2O3/c15-12-4-1-5-13(7-12)18-10-14(17)19-9-11-3-2-6-16-8-11/h1-8H,9-10,15H2. The number of benzene rings is 1. The van der Waals surface area contributed by atoms with E-state index < -0.39 is 5.97 Å². The van der Waals surface area contributed by atoms with E-state index in [1.54, 1.807) is 42.7 Å². The third kappa shape index (κ3) is 4.31. The summed E-state index contributed by atoms with van der Waals surface area (Å²) in [6, 6.07) is 10.5. The summed E-state index contributed by atoms with van der Waals surface area (Å²) < 4.78 is 10.3. The molecular formula is C14H14N2O3. The number of ether oxygens (including phenoxy) is 2. The highest BCUT2D eigenvalue weighted by Gasteiger charge is 2.05. The van der Waals surface area contributed by atoms with Gasteiger partial charge in [-0.15, -0.1) is 0 Å². The van der Waals surface area contributed by atoms with Crippen LogP contribution in [0.25, 0.3) is 0 Å². The van der Waals surface area contributed by atoms with Gasteiger partial charge in [-0.25, -0.2) is 4.79 Å². The Balaban J connectivity index is 1.76. The first-order chi connectivity index (χ1) is 9.24. The summed E-state index contributed by atoms with van der Waals surface area (Å²) in [5.74, 6) is 0.101. The lowest BCUT2D eigenvalue weighted by atomic mass is 10.3. The Labute approximate surface area is 111 Å². The third-order valence-electron chi connectivity index (χ3n) is 2.34. The van der Waals surface area contributed by atoms with E-state index in [9.17, 15) is 4.79 Å². The van der Waals surface area contributed by atoms with E-state index in [4.69, 9.17) is 15.2 Å². The highest BCUT2D eigenvalue weighted by molar-refractivity contribution is 5.71. The Morgan fingerprint density at radius 1 is 1.26 bits per heavy atom. The van der Waals surface area contributed by atoms with E-state index in [0.717, 1.165) is 5.56 Å². The number of rotatable bonds is 5. The van der Waals surface area contributed by atoms with Gasteiger partial charge in [-0.2, -0.15) is 0 Å². The second kappa shape index (κ2) is 6.39. The fourth-order valence-electron chi connectivity index (χ4n) is 1.44. The number of anilines is 1. The molecule has 0 radical (unpaired) electrons. The van der Waals surface area contributed by atoms with Crippen molar-refractivity contribution in [1.29, 1.82) is 0 Å².